The number of nitrogens with one attached hydrogen (secondary N) is 1. The van der Waals surface area contributed by atoms with Crippen molar-refractivity contribution in [2.45, 2.75) is 26.7 Å². The first-order valence-corrected chi connectivity index (χ1v) is 7.12. The second kappa shape index (κ2) is 4.35. The standard InChI is InChI=1S/C14H15N3OS/c1-8(2)12-9(3)16-13-10(11-5-4-6-19-11)7-15-17(13)14(12)18/h4-8,15H,1-3H3. The summed E-state index contributed by atoms with van der Waals surface area (Å²) < 4.78 is 1.54. The summed E-state index contributed by atoms with van der Waals surface area (Å²) in [6, 6.07) is 4.03. The molecule has 0 atom stereocenters. The highest BCUT2D eigenvalue weighted by atomic mass is 32.1. The van der Waals surface area contributed by atoms with Crippen LogP contribution < -0.4 is 5.56 Å². The zero-order valence-electron chi connectivity index (χ0n) is 11.1. The molecule has 3 rings (SSSR count). The van der Waals surface area contributed by atoms with Crippen LogP contribution in [0.15, 0.2) is 28.5 Å². The summed E-state index contributed by atoms with van der Waals surface area (Å²) in [7, 11) is 0. The Morgan fingerprint density at radius 1 is 1.42 bits per heavy atom. The Morgan fingerprint density at radius 2 is 2.21 bits per heavy atom. The molecule has 0 saturated carbocycles. The van der Waals surface area contributed by atoms with Crippen molar-refractivity contribution in [1.29, 1.82) is 0 Å². The van der Waals surface area contributed by atoms with E-state index in [9.17, 15) is 4.79 Å². The molecular weight excluding hydrogens is 258 g/mol. The van der Waals surface area contributed by atoms with E-state index in [0.717, 1.165) is 21.7 Å². The number of aryl methyl sites for hydroxylation is 1. The molecule has 0 bridgehead atoms. The number of aromatic nitrogens is 3. The van der Waals surface area contributed by atoms with Crippen molar-refractivity contribution in [3.8, 4) is 10.4 Å². The maximum atomic E-state index is 12.5. The van der Waals surface area contributed by atoms with Gasteiger partial charge in [0.15, 0.2) is 5.65 Å². The van der Waals surface area contributed by atoms with Crippen molar-refractivity contribution in [2.75, 3.05) is 0 Å². The second-order valence-corrected chi connectivity index (χ2v) is 5.84. The van der Waals surface area contributed by atoms with Gasteiger partial charge in [-0.3, -0.25) is 9.89 Å². The third-order valence-electron chi connectivity index (χ3n) is 3.25. The maximum absolute atomic E-state index is 12.5. The van der Waals surface area contributed by atoms with Crippen LogP contribution in [-0.2, 0) is 0 Å². The summed E-state index contributed by atoms with van der Waals surface area (Å²) >= 11 is 1.64. The summed E-state index contributed by atoms with van der Waals surface area (Å²) in [5.74, 6) is 0.172. The van der Waals surface area contributed by atoms with Crippen molar-refractivity contribution in [3.63, 3.8) is 0 Å². The molecule has 0 radical (unpaired) electrons. The summed E-state index contributed by atoms with van der Waals surface area (Å²) in [5.41, 5.74) is 3.27. The van der Waals surface area contributed by atoms with Crippen LogP contribution in [0, 0.1) is 6.92 Å². The van der Waals surface area contributed by atoms with Gasteiger partial charge in [-0.25, -0.2) is 9.50 Å². The minimum Gasteiger partial charge on any atom is -0.296 e. The molecule has 0 aromatic carbocycles. The number of aromatic amines is 1. The maximum Gasteiger partial charge on any atom is 0.276 e. The fourth-order valence-corrected chi connectivity index (χ4v) is 3.15. The van der Waals surface area contributed by atoms with E-state index in [1.54, 1.807) is 11.3 Å². The van der Waals surface area contributed by atoms with E-state index in [4.69, 9.17) is 0 Å². The van der Waals surface area contributed by atoms with E-state index < -0.39 is 0 Å². The van der Waals surface area contributed by atoms with Gasteiger partial charge in [0.05, 0.1) is 5.56 Å². The predicted molar refractivity (Wildman–Crippen MR) is 78.0 cm³/mol. The zero-order chi connectivity index (χ0) is 13.6. The Bertz CT molecular complexity index is 781. The first-order valence-electron chi connectivity index (χ1n) is 6.24. The van der Waals surface area contributed by atoms with Crippen LogP contribution in [0.1, 0.15) is 31.0 Å². The van der Waals surface area contributed by atoms with E-state index >= 15 is 0 Å². The van der Waals surface area contributed by atoms with E-state index in [1.165, 1.54) is 4.52 Å². The Balaban J connectivity index is 2.35. The number of thiophene rings is 1. The van der Waals surface area contributed by atoms with Crippen molar-refractivity contribution in [2.24, 2.45) is 0 Å². The molecule has 19 heavy (non-hydrogen) atoms. The number of hydrogen-bond donors (Lipinski definition) is 1. The lowest BCUT2D eigenvalue weighted by Crippen LogP contribution is -2.22. The number of hydrogen-bond acceptors (Lipinski definition) is 3. The van der Waals surface area contributed by atoms with Crippen molar-refractivity contribution in [3.05, 3.63) is 45.3 Å². The predicted octanol–water partition coefficient (Wildman–Crippen LogP) is 3.18. The van der Waals surface area contributed by atoms with Gasteiger partial charge in [-0.15, -0.1) is 11.3 Å². The third-order valence-corrected chi connectivity index (χ3v) is 4.15. The van der Waals surface area contributed by atoms with Crippen molar-refractivity contribution >= 4 is 17.0 Å². The number of nitrogens with zero attached hydrogens (tertiary/aromatic N) is 2. The normalized spacial score (nSPS) is 11.6. The highest BCUT2D eigenvalue weighted by Crippen LogP contribution is 2.27. The van der Waals surface area contributed by atoms with Gasteiger partial charge in [0, 0.05) is 22.3 Å². The molecule has 3 heterocycles. The van der Waals surface area contributed by atoms with Crippen molar-refractivity contribution in [1.82, 2.24) is 14.6 Å². The average molecular weight is 273 g/mol. The lowest BCUT2D eigenvalue weighted by Gasteiger charge is -2.08. The van der Waals surface area contributed by atoms with Gasteiger partial charge in [0.1, 0.15) is 0 Å². The van der Waals surface area contributed by atoms with Gasteiger partial charge in [-0.1, -0.05) is 19.9 Å². The molecule has 5 heteroatoms. The molecule has 0 spiro atoms. The fourth-order valence-electron chi connectivity index (χ4n) is 2.41. The summed E-state index contributed by atoms with van der Waals surface area (Å²) in [6.07, 6.45) is 1.85. The molecule has 0 unspecified atom stereocenters. The summed E-state index contributed by atoms with van der Waals surface area (Å²) in [4.78, 5) is 18.2. The second-order valence-electron chi connectivity index (χ2n) is 4.89. The molecule has 3 aromatic rings. The van der Waals surface area contributed by atoms with Crippen LogP contribution >= 0.6 is 11.3 Å². The lowest BCUT2D eigenvalue weighted by molar-refractivity contribution is 0.780. The lowest BCUT2D eigenvalue weighted by atomic mass is 10.0. The topological polar surface area (TPSA) is 50.2 Å². The molecular formula is C14H15N3OS. The number of rotatable bonds is 2. The Morgan fingerprint density at radius 3 is 2.84 bits per heavy atom. The monoisotopic (exact) mass is 273 g/mol. The van der Waals surface area contributed by atoms with Gasteiger partial charge in [-0.2, -0.15) is 0 Å². The first-order chi connectivity index (χ1) is 9.09. The van der Waals surface area contributed by atoms with Crippen LogP contribution in [0.2, 0.25) is 0 Å². The molecule has 3 aromatic heterocycles. The molecule has 0 amide bonds. The first kappa shape index (κ1) is 12.2. The van der Waals surface area contributed by atoms with Gasteiger partial charge < -0.3 is 0 Å². The molecule has 1 N–H and O–H groups in total. The average Bonchev–Trinajstić information content (AvgIpc) is 2.95. The molecule has 0 aliphatic heterocycles. The number of fused-ring (bicyclic) bond motifs is 1. The molecule has 0 saturated heterocycles. The van der Waals surface area contributed by atoms with Gasteiger partial charge in [0.2, 0.25) is 0 Å². The smallest absolute Gasteiger partial charge is 0.276 e. The molecule has 0 fully saturated rings. The molecule has 0 aliphatic carbocycles. The molecule has 0 aliphatic rings. The largest absolute Gasteiger partial charge is 0.296 e. The fraction of sp³-hybridized carbons (Fsp3) is 0.286. The Hall–Kier alpha value is -1.88. The minimum absolute atomic E-state index is 0.000283. The van der Waals surface area contributed by atoms with Crippen LogP contribution in [0.4, 0.5) is 0 Å². The minimum atomic E-state index is 0.000283. The van der Waals surface area contributed by atoms with Gasteiger partial charge >= 0.3 is 0 Å². The van der Waals surface area contributed by atoms with Gasteiger partial charge in [0.25, 0.3) is 5.56 Å². The summed E-state index contributed by atoms with van der Waals surface area (Å²) in [6.45, 7) is 5.93. The Labute approximate surface area is 114 Å². The van der Waals surface area contributed by atoms with Crippen molar-refractivity contribution < 1.29 is 0 Å². The highest BCUT2D eigenvalue weighted by Gasteiger charge is 2.16. The third kappa shape index (κ3) is 1.81. The van der Waals surface area contributed by atoms with Gasteiger partial charge in [-0.05, 0) is 24.3 Å². The Kier molecular flexibility index (Phi) is 2.78. The van der Waals surface area contributed by atoms with Crippen LogP contribution in [0.3, 0.4) is 0 Å². The molecule has 98 valence electrons. The zero-order valence-corrected chi connectivity index (χ0v) is 11.9. The van der Waals surface area contributed by atoms with Crippen LogP contribution in [0.25, 0.3) is 16.1 Å². The highest BCUT2D eigenvalue weighted by molar-refractivity contribution is 7.13. The quantitative estimate of drug-likeness (QED) is 0.779. The van der Waals surface area contributed by atoms with Crippen LogP contribution in [-0.4, -0.2) is 14.6 Å². The van der Waals surface area contributed by atoms with E-state index in [1.807, 2.05) is 44.5 Å². The SMILES string of the molecule is Cc1nc2c(-c3cccs3)c[nH]n2c(=O)c1C(C)C. The van der Waals surface area contributed by atoms with E-state index in [2.05, 4.69) is 10.1 Å². The van der Waals surface area contributed by atoms with E-state index in [0.29, 0.717) is 5.65 Å². The number of H-pyrrole nitrogens is 1. The van der Waals surface area contributed by atoms with E-state index in [-0.39, 0.29) is 11.5 Å². The summed E-state index contributed by atoms with van der Waals surface area (Å²) in [5, 5.41) is 5.04. The van der Waals surface area contributed by atoms with Crippen LogP contribution in [0.5, 0.6) is 0 Å². The molecule has 4 nitrogen and oxygen atoms in total.